The molecule has 0 saturated carbocycles. The first-order valence-corrected chi connectivity index (χ1v) is 8.20. The quantitative estimate of drug-likeness (QED) is 0.708. The van der Waals surface area contributed by atoms with Crippen molar-refractivity contribution >= 4 is 10.8 Å². The lowest BCUT2D eigenvalue weighted by Crippen LogP contribution is -2.13. The molecule has 0 atom stereocenters. The summed E-state index contributed by atoms with van der Waals surface area (Å²) in [6.07, 6.45) is 4.03. The molecule has 0 saturated heterocycles. The first-order chi connectivity index (χ1) is 11.0. The number of pyridine rings is 1. The first-order valence-electron chi connectivity index (χ1n) is 8.20. The lowest BCUT2D eigenvalue weighted by Gasteiger charge is -2.22. The number of hydrogen-bond acceptors (Lipinski definition) is 1. The molecule has 0 fully saturated rings. The van der Waals surface area contributed by atoms with Crippen LogP contribution >= 0.6 is 0 Å². The summed E-state index contributed by atoms with van der Waals surface area (Å²) < 4.78 is 0. The molecule has 2 nitrogen and oxygen atoms in total. The summed E-state index contributed by atoms with van der Waals surface area (Å²) in [6, 6.07) is 16.4. The Morgan fingerprint density at radius 3 is 2.48 bits per heavy atom. The second-order valence-electron chi connectivity index (χ2n) is 6.97. The van der Waals surface area contributed by atoms with Gasteiger partial charge in [-0.15, -0.1) is 0 Å². The number of H-pyrrole nitrogens is 1. The molecule has 0 amide bonds. The Balaban J connectivity index is 2.10. The SMILES string of the molecule is CCC(C)(C)Cc1cccc(-c2c[nH]c(=O)c3ccccc23)c1. The molecule has 1 heterocycles. The Morgan fingerprint density at radius 1 is 1.00 bits per heavy atom. The van der Waals surface area contributed by atoms with Crippen molar-refractivity contribution in [2.75, 3.05) is 0 Å². The molecule has 0 radical (unpaired) electrons. The molecule has 23 heavy (non-hydrogen) atoms. The Hall–Kier alpha value is -2.35. The van der Waals surface area contributed by atoms with Gasteiger partial charge in [-0.2, -0.15) is 0 Å². The first kappa shape index (κ1) is 15.5. The molecule has 0 bridgehead atoms. The summed E-state index contributed by atoms with van der Waals surface area (Å²) >= 11 is 0. The van der Waals surface area contributed by atoms with Crippen molar-refractivity contribution in [3.8, 4) is 11.1 Å². The van der Waals surface area contributed by atoms with Crippen LogP contribution in [-0.4, -0.2) is 4.98 Å². The van der Waals surface area contributed by atoms with Crippen molar-refractivity contribution in [3.63, 3.8) is 0 Å². The molecule has 118 valence electrons. The highest BCUT2D eigenvalue weighted by atomic mass is 16.1. The van der Waals surface area contributed by atoms with E-state index in [1.165, 1.54) is 5.56 Å². The lowest BCUT2D eigenvalue weighted by atomic mass is 9.83. The van der Waals surface area contributed by atoms with Crippen LogP contribution in [0.3, 0.4) is 0 Å². The average Bonchev–Trinajstić information content (AvgIpc) is 2.55. The number of hydrogen-bond donors (Lipinski definition) is 1. The fourth-order valence-corrected chi connectivity index (χ4v) is 2.97. The van der Waals surface area contributed by atoms with E-state index in [-0.39, 0.29) is 5.56 Å². The van der Waals surface area contributed by atoms with Crippen molar-refractivity contribution < 1.29 is 0 Å². The van der Waals surface area contributed by atoms with Gasteiger partial charge in [-0.3, -0.25) is 4.79 Å². The largest absolute Gasteiger partial charge is 0.328 e. The van der Waals surface area contributed by atoms with Gasteiger partial charge >= 0.3 is 0 Å². The highest BCUT2D eigenvalue weighted by Crippen LogP contribution is 2.30. The third kappa shape index (κ3) is 3.21. The van der Waals surface area contributed by atoms with E-state index in [9.17, 15) is 4.79 Å². The van der Waals surface area contributed by atoms with Gasteiger partial charge in [0.2, 0.25) is 0 Å². The molecule has 0 aliphatic rings. The minimum Gasteiger partial charge on any atom is -0.328 e. The van der Waals surface area contributed by atoms with Gasteiger partial charge in [0.15, 0.2) is 0 Å². The van der Waals surface area contributed by atoms with Crippen molar-refractivity contribution in [3.05, 3.63) is 70.6 Å². The van der Waals surface area contributed by atoms with Crippen LogP contribution in [-0.2, 0) is 6.42 Å². The Kier molecular flexibility index (Phi) is 4.08. The minimum atomic E-state index is -0.0346. The van der Waals surface area contributed by atoms with Gasteiger partial charge in [0.25, 0.3) is 5.56 Å². The van der Waals surface area contributed by atoms with Crippen LogP contribution in [0, 0.1) is 5.41 Å². The van der Waals surface area contributed by atoms with E-state index < -0.39 is 0 Å². The van der Waals surface area contributed by atoms with Crippen LogP contribution in [0.15, 0.2) is 59.5 Å². The predicted molar refractivity (Wildman–Crippen MR) is 97.8 cm³/mol. The lowest BCUT2D eigenvalue weighted by molar-refractivity contribution is 0.349. The zero-order valence-corrected chi connectivity index (χ0v) is 14.0. The maximum atomic E-state index is 12.0. The van der Waals surface area contributed by atoms with Gasteiger partial charge < -0.3 is 4.98 Å². The Labute approximate surface area is 137 Å². The van der Waals surface area contributed by atoms with Crippen LogP contribution in [0.5, 0.6) is 0 Å². The zero-order valence-electron chi connectivity index (χ0n) is 14.0. The second-order valence-corrected chi connectivity index (χ2v) is 6.97. The van der Waals surface area contributed by atoms with Gasteiger partial charge in [-0.1, -0.05) is 69.7 Å². The molecule has 2 aromatic carbocycles. The molecule has 1 N–H and O–H groups in total. The summed E-state index contributed by atoms with van der Waals surface area (Å²) in [5.41, 5.74) is 3.83. The Bertz CT molecular complexity index is 889. The van der Waals surface area contributed by atoms with E-state index in [1.807, 2.05) is 30.5 Å². The van der Waals surface area contributed by atoms with Crippen LogP contribution in [0.1, 0.15) is 32.8 Å². The summed E-state index contributed by atoms with van der Waals surface area (Å²) in [7, 11) is 0. The highest BCUT2D eigenvalue weighted by molar-refractivity contribution is 5.95. The van der Waals surface area contributed by atoms with Crippen molar-refractivity contribution in [2.24, 2.45) is 5.41 Å². The number of benzene rings is 2. The van der Waals surface area contributed by atoms with Gasteiger partial charge in [0.1, 0.15) is 0 Å². The zero-order chi connectivity index (χ0) is 16.4. The van der Waals surface area contributed by atoms with Gasteiger partial charge in [0, 0.05) is 17.1 Å². The third-order valence-electron chi connectivity index (χ3n) is 4.69. The molecule has 3 rings (SSSR count). The number of nitrogens with one attached hydrogen (secondary N) is 1. The predicted octanol–water partition coefficient (Wildman–Crippen LogP) is 5.17. The Morgan fingerprint density at radius 2 is 1.74 bits per heavy atom. The third-order valence-corrected chi connectivity index (χ3v) is 4.69. The van der Waals surface area contributed by atoms with Crippen LogP contribution in [0.4, 0.5) is 0 Å². The average molecular weight is 305 g/mol. The second kappa shape index (κ2) is 6.04. The smallest absolute Gasteiger partial charge is 0.255 e. The van der Waals surface area contributed by atoms with Gasteiger partial charge in [-0.25, -0.2) is 0 Å². The fourth-order valence-electron chi connectivity index (χ4n) is 2.97. The van der Waals surface area contributed by atoms with E-state index in [2.05, 4.69) is 50.0 Å². The van der Waals surface area contributed by atoms with E-state index in [0.717, 1.165) is 34.7 Å². The van der Waals surface area contributed by atoms with E-state index in [4.69, 9.17) is 0 Å². The molecule has 0 unspecified atom stereocenters. The highest BCUT2D eigenvalue weighted by Gasteiger charge is 2.16. The summed E-state index contributed by atoms with van der Waals surface area (Å²) in [5.74, 6) is 0. The van der Waals surface area contributed by atoms with E-state index in [1.54, 1.807) is 0 Å². The maximum Gasteiger partial charge on any atom is 0.255 e. The van der Waals surface area contributed by atoms with Crippen molar-refractivity contribution in [1.82, 2.24) is 4.98 Å². The minimum absolute atomic E-state index is 0.0346. The summed E-state index contributed by atoms with van der Waals surface area (Å²) in [4.78, 5) is 14.9. The van der Waals surface area contributed by atoms with Gasteiger partial charge in [-0.05, 0) is 34.4 Å². The molecule has 3 aromatic rings. The normalized spacial score (nSPS) is 11.8. The maximum absolute atomic E-state index is 12.0. The number of aromatic amines is 1. The summed E-state index contributed by atoms with van der Waals surface area (Å²) in [6.45, 7) is 6.84. The molecule has 0 spiro atoms. The molecule has 1 aromatic heterocycles. The molecule has 0 aliphatic carbocycles. The van der Waals surface area contributed by atoms with Crippen LogP contribution < -0.4 is 5.56 Å². The number of rotatable bonds is 4. The van der Waals surface area contributed by atoms with E-state index in [0.29, 0.717) is 5.41 Å². The monoisotopic (exact) mass is 305 g/mol. The number of aromatic nitrogens is 1. The standard InChI is InChI=1S/C21H23NO/c1-4-21(2,3)13-15-8-7-9-16(12-15)19-14-22-20(23)18-11-6-5-10-17(18)19/h5-12,14H,4,13H2,1-3H3,(H,22,23). The molecule has 2 heteroatoms. The molecular formula is C21H23NO. The fraction of sp³-hybridized carbons (Fsp3) is 0.286. The number of fused-ring (bicyclic) bond motifs is 1. The van der Waals surface area contributed by atoms with Crippen molar-refractivity contribution in [2.45, 2.75) is 33.6 Å². The topological polar surface area (TPSA) is 32.9 Å². The van der Waals surface area contributed by atoms with Crippen LogP contribution in [0.2, 0.25) is 0 Å². The van der Waals surface area contributed by atoms with Gasteiger partial charge in [0.05, 0.1) is 0 Å². The van der Waals surface area contributed by atoms with E-state index >= 15 is 0 Å². The summed E-state index contributed by atoms with van der Waals surface area (Å²) in [5, 5.41) is 1.74. The molecule has 0 aliphatic heterocycles. The molecular weight excluding hydrogens is 282 g/mol. The van der Waals surface area contributed by atoms with Crippen molar-refractivity contribution in [1.29, 1.82) is 0 Å². The van der Waals surface area contributed by atoms with Crippen LogP contribution in [0.25, 0.3) is 21.9 Å².